The van der Waals surface area contributed by atoms with Crippen LogP contribution in [0.1, 0.15) is 30.4 Å². The van der Waals surface area contributed by atoms with E-state index >= 15 is 0 Å². The van der Waals surface area contributed by atoms with E-state index in [4.69, 9.17) is 4.74 Å². The fourth-order valence-corrected chi connectivity index (χ4v) is 4.42. The van der Waals surface area contributed by atoms with Gasteiger partial charge in [0, 0.05) is 37.8 Å². The van der Waals surface area contributed by atoms with Crippen LogP contribution in [0.2, 0.25) is 0 Å². The highest BCUT2D eigenvalue weighted by molar-refractivity contribution is 5.79. The van der Waals surface area contributed by atoms with Gasteiger partial charge in [0.2, 0.25) is 5.91 Å². The maximum atomic E-state index is 12.5. The van der Waals surface area contributed by atoms with Crippen molar-refractivity contribution in [1.29, 1.82) is 0 Å². The topological polar surface area (TPSA) is 61.9 Å². The third-order valence-corrected chi connectivity index (χ3v) is 5.96. The Kier molecular flexibility index (Phi) is 7.20. The second-order valence-electron chi connectivity index (χ2n) is 8.46. The van der Waals surface area contributed by atoms with Crippen molar-refractivity contribution in [3.8, 4) is 5.75 Å². The number of hydrogen-bond acceptors (Lipinski definition) is 4. The van der Waals surface area contributed by atoms with Crippen LogP contribution in [0.5, 0.6) is 5.75 Å². The molecule has 1 atom stereocenters. The molecule has 1 N–H and O–H groups in total. The fourth-order valence-electron chi connectivity index (χ4n) is 4.42. The van der Waals surface area contributed by atoms with Crippen molar-refractivity contribution in [3.05, 3.63) is 65.7 Å². The van der Waals surface area contributed by atoms with Crippen LogP contribution in [0.4, 0.5) is 0 Å². The third kappa shape index (κ3) is 6.07. The summed E-state index contributed by atoms with van der Waals surface area (Å²) in [5.74, 6) is 0.819. The van der Waals surface area contributed by atoms with Gasteiger partial charge in [0.1, 0.15) is 5.75 Å². The van der Waals surface area contributed by atoms with Crippen LogP contribution in [-0.4, -0.2) is 60.4 Å². The van der Waals surface area contributed by atoms with Crippen LogP contribution in [0.15, 0.2) is 54.6 Å². The lowest BCUT2D eigenvalue weighted by Gasteiger charge is -2.33. The first-order valence-electron chi connectivity index (χ1n) is 11.2. The first-order chi connectivity index (χ1) is 15.2. The summed E-state index contributed by atoms with van der Waals surface area (Å²) in [6.45, 7) is 3.49. The van der Waals surface area contributed by atoms with Gasteiger partial charge in [-0.25, -0.2) is 0 Å². The van der Waals surface area contributed by atoms with Crippen LogP contribution >= 0.6 is 0 Å². The minimum atomic E-state index is 0.0471. The molecule has 4 rings (SSSR count). The highest BCUT2D eigenvalue weighted by Gasteiger charge is 2.25. The summed E-state index contributed by atoms with van der Waals surface area (Å²) >= 11 is 0. The summed E-state index contributed by atoms with van der Waals surface area (Å²) in [7, 11) is 0. The normalized spacial score (nSPS) is 19.7. The van der Waals surface area contributed by atoms with E-state index in [1.165, 1.54) is 12.0 Å². The number of para-hydroxylation sites is 1. The van der Waals surface area contributed by atoms with E-state index in [1.807, 2.05) is 47.4 Å². The Hall–Kier alpha value is -2.86. The van der Waals surface area contributed by atoms with E-state index < -0.39 is 0 Å². The number of carbonyl (C=O) groups is 2. The number of nitrogens with one attached hydrogen (secondary N) is 1. The van der Waals surface area contributed by atoms with Crippen molar-refractivity contribution >= 4 is 11.8 Å². The zero-order chi connectivity index (χ0) is 21.5. The molecule has 164 valence electrons. The number of carbonyl (C=O) groups excluding carboxylic acids is 2. The summed E-state index contributed by atoms with van der Waals surface area (Å²) in [4.78, 5) is 28.8. The Balaban J connectivity index is 1.36. The van der Waals surface area contributed by atoms with Gasteiger partial charge in [0.05, 0.1) is 6.54 Å². The number of nitrogens with zero attached hydrogens (tertiary/aromatic N) is 2. The molecule has 31 heavy (non-hydrogen) atoms. The van der Waals surface area contributed by atoms with Gasteiger partial charge in [0.25, 0.3) is 5.91 Å². The van der Waals surface area contributed by atoms with Crippen molar-refractivity contribution in [2.75, 3.05) is 32.8 Å². The third-order valence-electron chi connectivity index (χ3n) is 5.96. The van der Waals surface area contributed by atoms with E-state index in [0.717, 1.165) is 50.2 Å². The number of hydrogen-bond donors (Lipinski definition) is 1. The lowest BCUT2D eigenvalue weighted by Crippen LogP contribution is -2.54. The van der Waals surface area contributed by atoms with Crippen LogP contribution in [0.3, 0.4) is 0 Å². The molecule has 2 heterocycles. The predicted molar refractivity (Wildman–Crippen MR) is 120 cm³/mol. The number of piperidine rings is 1. The molecule has 2 aliphatic heterocycles. The van der Waals surface area contributed by atoms with E-state index in [9.17, 15) is 9.59 Å². The van der Waals surface area contributed by atoms with Crippen molar-refractivity contribution in [1.82, 2.24) is 15.1 Å². The van der Waals surface area contributed by atoms with Gasteiger partial charge in [-0.1, -0.05) is 48.5 Å². The zero-order valence-electron chi connectivity index (χ0n) is 18.0. The van der Waals surface area contributed by atoms with E-state index in [1.54, 1.807) is 0 Å². The van der Waals surface area contributed by atoms with Crippen molar-refractivity contribution in [2.24, 2.45) is 0 Å². The Morgan fingerprint density at radius 3 is 2.55 bits per heavy atom. The first kappa shape index (κ1) is 21.4. The molecular formula is C25H31N3O3. The van der Waals surface area contributed by atoms with Gasteiger partial charge >= 0.3 is 0 Å². The monoisotopic (exact) mass is 421 g/mol. The number of likely N-dealkylation sites (tertiary alicyclic amines) is 1. The average Bonchev–Trinajstić information content (AvgIpc) is 2.79. The number of benzene rings is 2. The quantitative estimate of drug-likeness (QED) is 0.747. The van der Waals surface area contributed by atoms with Gasteiger partial charge in [-0.05, 0) is 37.3 Å². The summed E-state index contributed by atoms with van der Waals surface area (Å²) in [5, 5.41) is 3.11. The van der Waals surface area contributed by atoms with E-state index in [0.29, 0.717) is 13.1 Å². The van der Waals surface area contributed by atoms with Crippen LogP contribution in [0.25, 0.3) is 0 Å². The van der Waals surface area contributed by atoms with Crippen molar-refractivity contribution in [3.63, 3.8) is 0 Å². The Morgan fingerprint density at radius 2 is 1.74 bits per heavy atom. The van der Waals surface area contributed by atoms with Gasteiger partial charge in [-0.3, -0.25) is 14.5 Å². The summed E-state index contributed by atoms with van der Waals surface area (Å²) in [5.41, 5.74) is 2.22. The summed E-state index contributed by atoms with van der Waals surface area (Å²) in [6, 6.07) is 18.1. The molecule has 0 bridgehead atoms. The molecule has 0 aromatic heterocycles. The van der Waals surface area contributed by atoms with Crippen LogP contribution in [-0.2, 0) is 22.6 Å². The molecule has 2 aromatic carbocycles. The van der Waals surface area contributed by atoms with E-state index in [2.05, 4.69) is 22.3 Å². The zero-order valence-corrected chi connectivity index (χ0v) is 18.0. The minimum Gasteiger partial charge on any atom is -0.483 e. The standard InChI is InChI=1S/C25H31N3O3/c29-24-18-27(17-22(26-24)15-20-9-3-1-4-10-20)16-21-11-5-6-12-23(21)31-19-25(30)28-13-7-2-8-14-28/h1,3-6,9-12,22H,2,7-8,13-19H2,(H,26,29)/t22-/m0/s1. The Labute approximate surface area is 184 Å². The Morgan fingerprint density at radius 1 is 1.00 bits per heavy atom. The molecule has 2 amide bonds. The number of piperazine rings is 1. The molecule has 0 saturated carbocycles. The first-order valence-corrected chi connectivity index (χ1v) is 11.2. The van der Waals surface area contributed by atoms with Crippen molar-refractivity contribution in [2.45, 2.75) is 38.3 Å². The molecule has 2 aromatic rings. The smallest absolute Gasteiger partial charge is 0.260 e. The lowest BCUT2D eigenvalue weighted by molar-refractivity contribution is -0.134. The minimum absolute atomic E-state index is 0.0471. The van der Waals surface area contributed by atoms with Gasteiger partial charge in [-0.15, -0.1) is 0 Å². The number of rotatable bonds is 7. The second-order valence-corrected chi connectivity index (χ2v) is 8.46. The molecule has 0 radical (unpaired) electrons. The summed E-state index contributed by atoms with van der Waals surface area (Å²) < 4.78 is 5.92. The van der Waals surface area contributed by atoms with E-state index in [-0.39, 0.29) is 24.5 Å². The molecule has 0 aliphatic carbocycles. The molecule has 6 nitrogen and oxygen atoms in total. The number of amides is 2. The largest absolute Gasteiger partial charge is 0.483 e. The van der Waals surface area contributed by atoms with Gasteiger partial charge in [0.15, 0.2) is 6.61 Å². The SMILES string of the molecule is O=C1CN(Cc2ccccc2OCC(=O)N2CCCCC2)C[C@H](Cc2ccccc2)N1. The maximum Gasteiger partial charge on any atom is 0.260 e. The average molecular weight is 422 g/mol. The van der Waals surface area contributed by atoms with Crippen LogP contribution in [0, 0.1) is 0 Å². The highest BCUT2D eigenvalue weighted by Crippen LogP contribution is 2.21. The fraction of sp³-hybridized carbons (Fsp3) is 0.440. The molecule has 2 aliphatic rings. The predicted octanol–water partition coefficient (Wildman–Crippen LogP) is 2.62. The van der Waals surface area contributed by atoms with Gasteiger partial charge in [-0.2, -0.15) is 0 Å². The van der Waals surface area contributed by atoms with Crippen LogP contribution < -0.4 is 10.1 Å². The molecule has 0 unspecified atom stereocenters. The number of ether oxygens (including phenoxy) is 1. The van der Waals surface area contributed by atoms with Gasteiger partial charge < -0.3 is 15.0 Å². The molecular weight excluding hydrogens is 390 g/mol. The molecule has 6 heteroatoms. The summed E-state index contributed by atoms with van der Waals surface area (Å²) in [6.07, 6.45) is 4.15. The molecule has 0 spiro atoms. The molecule has 2 fully saturated rings. The lowest BCUT2D eigenvalue weighted by atomic mass is 10.0. The second kappa shape index (κ2) is 10.4. The maximum absolute atomic E-state index is 12.5. The Bertz CT molecular complexity index is 881. The molecule has 2 saturated heterocycles. The highest BCUT2D eigenvalue weighted by atomic mass is 16.5. The van der Waals surface area contributed by atoms with Crippen molar-refractivity contribution < 1.29 is 14.3 Å².